The summed E-state index contributed by atoms with van der Waals surface area (Å²) in [5, 5.41) is 8.48. The Morgan fingerprint density at radius 1 is 1.40 bits per heavy atom. The van der Waals surface area contributed by atoms with Crippen molar-refractivity contribution in [1.29, 1.82) is 0 Å². The van der Waals surface area contributed by atoms with Gasteiger partial charge >= 0.3 is 0 Å². The molecule has 0 unspecified atom stereocenters. The molecular weight excluding hydrogens is 126 g/mol. The number of pyridine rings is 1. The second-order valence-electron chi connectivity index (χ2n) is 1.79. The number of nitrogens with zero attached hydrogens (tertiary/aromatic N) is 1. The van der Waals surface area contributed by atoms with Gasteiger partial charge in [-0.3, -0.25) is 4.98 Å². The molecule has 0 aliphatic heterocycles. The molecule has 0 saturated carbocycles. The Bertz CT molecular complexity index is 162. The summed E-state index contributed by atoms with van der Waals surface area (Å²) in [5.74, 6) is 0. The summed E-state index contributed by atoms with van der Waals surface area (Å²) < 4.78 is 0. The minimum Gasteiger partial charge on any atom is -0.396 e. The lowest BCUT2D eigenvalue weighted by atomic mass is 10.3. The summed E-state index contributed by atoms with van der Waals surface area (Å²) in [7, 11) is 0. The summed E-state index contributed by atoms with van der Waals surface area (Å²) in [6, 6.07) is 5.68. The Morgan fingerprint density at radius 2 is 2.20 bits per heavy atom. The molecule has 0 radical (unpaired) electrons. The number of aliphatic hydroxyl groups is 1. The van der Waals surface area contributed by atoms with E-state index in [2.05, 4.69) is 4.98 Å². The Kier molecular flexibility index (Phi) is 4.50. The van der Waals surface area contributed by atoms with Crippen LogP contribution < -0.4 is 0 Å². The molecule has 0 aromatic carbocycles. The van der Waals surface area contributed by atoms with E-state index in [0.717, 1.165) is 5.69 Å². The van der Waals surface area contributed by atoms with Crippen LogP contribution in [-0.4, -0.2) is 16.7 Å². The highest BCUT2D eigenvalue weighted by Crippen LogP contribution is 1.91. The zero-order valence-corrected chi connectivity index (χ0v) is 5.12. The molecule has 0 amide bonds. The summed E-state index contributed by atoms with van der Waals surface area (Å²) in [6.07, 6.45) is 2.38. The van der Waals surface area contributed by atoms with Crippen molar-refractivity contribution in [2.24, 2.45) is 0 Å². The Morgan fingerprint density at radius 3 is 2.70 bits per heavy atom. The average molecular weight is 139 g/mol. The largest absolute Gasteiger partial charge is 0.396 e. The molecule has 1 N–H and O–H groups in total. The van der Waals surface area contributed by atoms with Gasteiger partial charge in [0.2, 0.25) is 0 Å². The first-order chi connectivity index (χ1) is 4.43. The van der Waals surface area contributed by atoms with Gasteiger partial charge in [-0.1, -0.05) is 13.5 Å². The second kappa shape index (κ2) is 4.94. The van der Waals surface area contributed by atoms with Crippen LogP contribution in [0.25, 0.3) is 0 Å². The molecule has 0 saturated heterocycles. The fourth-order valence-electron chi connectivity index (χ4n) is 0.661. The van der Waals surface area contributed by atoms with E-state index >= 15 is 0 Å². The summed E-state index contributed by atoms with van der Waals surface area (Å²) in [6.45, 7) is 0.178. The van der Waals surface area contributed by atoms with Crippen molar-refractivity contribution in [3.8, 4) is 0 Å². The molecule has 0 aliphatic rings. The third-order valence-corrected chi connectivity index (χ3v) is 1.09. The van der Waals surface area contributed by atoms with E-state index in [9.17, 15) is 0 Å². The molecule has 1 aromatic rings. The van der Waals surface area contributed by atoms with Gasteiger partial charge in [-0.05, 0) is 12.1 Å². The highest BCUT2D eigenvalue weighted by atomic mass is 16.3. The van der Waals surface area contributed by atoms with Crippen LogP contribution in [0.1, 0.15) is 13.1 Å². The van der Waals surface area contributed by atoms with Crippen LogP contribution in [0.15, 0.2) is 24.4 Å². The van der Waals surface area contributed by atoms with Gasteiger partial charge in [0.05, 0.1) is 0 Å². The molecule has 56 valence electrons. The molecule has 0 aliphatic carbocycles. The second-order valence-corrected chi connectivity index (χ2v) is 1.79. The van der Waals surface area contributed by atoms with Crippen LogP contribution in [0, 0.1) is 0 Å². The highest BCUT2D eigenvalue weighted by molar-refractivity contribution is 5.03. The quantitative estimate of drug-likeness (QED) is 0.669. The van der Waals surface area contributed by atoms with Crippen LogP contribution in [-0.2, 0) is 6.42 Å². The minimum atomic E-state index is 0. The zero-order valence-electron chi connectivity index (χ0n) is 5.12. The van der Waals surface area contributed by atoms with Crippen molar-refractivity contribution in [3.63, 3.8) is 0 Å². The molecule has 2 nitrogen and oxygen atoms in total. The van der Waals surface area contributed by atoms with E-state index in [1.807, 2.05) is 18.2 Å². The average Bonchev–Trinajstić information content (AvgIpc) is 1.91. The molecule has 2 heteroatoms. The first-order valence-electron chi connectivity index (χ1n) is 2.94. The highest BCUT2D eigenvalue weighted by Gasteiger charge is 1.87. The first kappa shape index (κ1) is 9.11. The topological polar surface area (TPSA) is 33.1 Å². The van der Waals surface area contributed by atoms with E-state index in [4.69, 9.17) is 5.11 Å². The van der Waals surface area contributed by atoms with E-state index < -0.39 is 0 Å². The molecule has 0 atom stereocenters. The van der Waals surface area contributed by atoms with Crippen molar-refractivity contribution in [3.05, 3.63) is 30.1 Å². The van der Waals surface area contributed by atoms with Gasteiger partial charge in [0.1, 0.15) is 0 Å². The third kappa shape index (κ3) is 2.60. The monoisotopic (exact) mass is 139 g/mol. The maximum absolute atomic E-state index is 8.48. The molecule has 1 aromatic heterocycles. The molecular formula is C8H13NO. The van der Waals surface area contributed by atoms with Gasteiger partial charge in [-0.25, -0.2) is 0 Å². The normalized spacial score (nSPS) is 8.50. The van der Waals surface area contributed by atoms with Crippen LogP contribution >= 0.6 is 0 Å². The van der Waals surface area contributed by atoms with Crippen molar-refractivity contribution < 1.29 is 5.11 Å². The van der Waals surface area contributed by atoms with Gasteiger partial charge in [-0.2, -0.15) is 0 Å². The fraction of sp³-hybridized carbons (Fsp3) is 0.375. The van der Waals surface area contributed by atoms with Crippen LogP contribution in [0.2, 0.25) is 0 Å². The van der Waals surface area contributed by atoms with Crippen molar-refractivity contribution in [2.45, 2.75) is 13.8 Å². The predicted molar refractivity (Wildman–Crippen MR) is 41.8 cm³/mol. The third-order valence-electron chi connectivity index (χ3n) is 1.09. The molecule has 1 rings (SSSR count). The molecule has 10 heavy (non-hydrogen) atoms. The van der Waals surface area contributed by atoms with Crippen molar-refractivity contribution in [1.82, 2.24) is 4.98 Å². The number of hydrogen-bond acceptors (Lipinski definition) is 2. The molecule has 0 bridgehead atoms. The van der Waals surface area contributed by atoms with Crippen molar-refractivity contribution >= 4 is 0 Å². The van der Waals surface area contributed by atoms with E-state index in [-0.39, 0.29) is 14.0 Å². The smallest absolute Gasteiger partial charge is 0.0486 e. The lowest BCUT2D eigenvalue weighted by Crippen LogP contribution is -1.91. The van der Waals surface area contributed by atoms with Crippen LogP contribution in [0.5, 0.6) is 0 Å². The number of aromatic nitrogens is 1. The van der Waals surface area contributed by atoms with Crippen molar-refractivity contribution in [2.75, 3.05) is 6.61 Å². The first-order valence-corrected chi connectivity index (χ1v) is 2.94. The van der Waals surface area contributed by atoms with Gasteiger partial charge in [0.25, 0.3) is 0 Å². The molecule has 1 heterocycles. The van der Waals surface area contributed by atoms with Gasteiger partial charge in [0, 0.05) is 24.9 Å². The zero-order chi connectivity index (χ0) is 6.53. The molecule has 0 spiro atoms. The summed E-state index contributed by atoms with van der Waals surface area (Å²) >= 11 is 0. The Balaban J connectivity index is 0.000000810. The van der Waals surface area contributed by atoms with Gasteiger partial charge < -0.3 is 5.11 Å². The van der Waals surface area contributed by atoms with Gasteiger partial charge in [-0.15, -0.1) is 0 Å². The van der Waals surface area contributed by atoms with Gasteiger partial charge in [0.15, 0.2) is 0 Å². The predicted octanol–water partition coefficient (Wildman–Crippen LogP) is 1.25. The van der Waals surface area contributed by atoms with E-state index in [1.165, 1.54) is 0 Å². The number of hydrogen-bond donors (Lipinski definition) is 1. The summed E-state index contributed by atoms with van der Waals surface area (Å²) in [4.78, 5) is 4.01. The van der Waals surface area contributed by atoms with E-state index in [0.29, 0.717) is 6.42 Å². The Labute approximate surface area is 61.5 Å². The number of aliphatic hydroxyl groups excluding tert-OH is 1. The maximum atomic E-state index is 8.48. The lowest BCUT2D eigenvalue weighted by molar-refractivity contribution is 0.298. The fourth-order valence-corrected chi connectivity index (χ4v) is 0.661. The van der Waals surface area contributed by atoms with E-state index in [1.54, 1.807) is 6.20 Å². The maximum Gasteiger partial charge on any atom is 0.0486 e. The molecule has 0 fully saturated rings. The van der Waals surface area contributed by atoms with Crippen LogP contribution in [0.4, 0.5) is 0 Å². The minimum absolute atomic E-state index is 0. The van der Waals surface area contributed by atoms with Crippen LogP contribution in [0.3, 0.4) is 0 Å². The Hall–Kier alpha value is -0.890. The summed E-state index contributed by atoms with van der Waals surface area (Å²) in [5.41, 5.74) is 0.944. The SMILES string of the molecule is C.OCCc1ccccn1. The lowest BCUT2D eigenvalue weighted by Gasteiger charge is -1.92. The number of rotatable bonds is 2. The standard InChI is InChI=1S/C7H9NO.CH4/c9-6-4-7-3-1-2-5-8-7;/h1-3,5,9H,4,6H2;1H4.